The van der Waals surface area contributed by atoms with Gasteiger partial charge in [-0.15, -0.1) is 0 Å². The molecule has 2 aromatic rings. The molecular formula is C17H11Cl3F5N5. The van der Waals surface area contributed by atoms with Crippen LogP contribution >= 0.6 is 34.8 Å². The molecule has 1 heterocycles. The van der Waals surface area contributed by atoms with Gasteiger partial charge in [0.25, 0.3) is 0 Å². The number of aliphatic imine (C=N–C) groups is 1. The topological polar surface area (TPSA) is 57.2 Å². The third-order valence-electron chi connectivity index (χ3n) is 3.58. The van der Waals surface area contributed by atoms with Crippen molar-refractivity contribution in [1.82, 2.24) is 14.7 Å². The van der Waals surface area contributed by atoms with Crippen LogP contribution in [0.15, 0.2) is 23.7 Å². The molecule has 160 valence electrons. The van der Waals surface area contributed by atoms with Crippen LogP contribution in [-0.2, 0) is 6.18 Å². The van der Waals surface area contributed by atoms with Gasteiger partial charge in [0.05, 0.1) is 27.5 Å². The minimum absolute atomic E-state index is 0.300. The van der Waals surface area contributed by atoms with E-state index in [1.807, 2.05) is 0 Å². The fourth-order valence-electron chi connectivity index (χ4n) is 2.28. The summed E-state index contributed by atoms with van der Waals surface area (Å²) in [5, 5.41) is 8.23. The number of aromatic nitrogens is 2. The SMILES string of the molecule is C=C(c1c(C#N)nn(-c2c(Cl)cc(C(F)(F)F)cc2Cl)c1N=CN(C)C)C(F)(F)Cl. The number of nitrogens with zero attached hydrogens (tertiary/aromatic N) is 5. The van der Waals surface area contributed by atoms with Crippen LogP contribution in [0.2, 0.25) is 10.0 Å². The van der Waals surface area contributed by atoms with Gasteiger partial charge in [0.2, 0.25) is 0 Å². The van der Waals surface area contributed by atoms with Crippen molar-refractivity contribution in [1.29, 1.82) is 5.26 Å². The number of nitriles is 1. The fourth-order valence-corrected chi connectivity index (χ4v) is 3.03. The van der Waals surface area contributed by atoms with Gasteiger partial charge in [-0.25, -0.2) is 9.67 Å². The lowest BCUT2D eigenvalue weighted by atomic mass is 10.1. The van der Waals surface area contributed by atoms with Crippen molar-refractivity contribution >= 4 is 52.5 Å². The van der Waals surface area contributed by atoms with E-state index in [2.05, 4.69) is 16.7 Å². The Morgan fingerprint density at radius 2 is 1.77 bits per heavy atom. The number of hydrogen-bond acceptors (Lipinski definition) is 3. The molecule has 0 amide bonds. The second kappa shape index (κ2) is 8.41. The number of alkyl halides is 6. The van der Waals surface area contributed by atoms with Crippen LogP contribution in [0.4, 0.5) is 27.8 Å². The number of rotatable bonds is 5. The molecule has 5 nitrogen and oxygen atoms in total. The summed E-state index contributed by atoms with van der Waals surface area (Å²) in [4.78, 5) is 5.43. The van der Waals surface area contributed by atoms with E-state index in [0.717, 1.165) is 4.68 Å². The zero-order valence-electron chi connectivity index (χ0n) is 15.2. The van der Waals surface area contributed by atoms with Crippen molar-refractivity contribution in [2.45, 2.75) is 11.6 Å². The number of halogens is 8. The van der Waals surface area contributed by atoms with E-state index in [1.54, 1.807) is 20.2 Å². The number of hydrogen-bond donors (Lipinski definition) is 0. The minimum atomic E-state index is -4.74. The molecule has 0 radical (unpaired) electrons. The molecule has 0 atom stereocenters. The average molecular weight is 487 g/mol. The lowest BCUT2D eigenvalue weighted by molar-refractivity contribution is -0.137. The number of allylic oxidation sites excluding steroid dienone is 1. The molecule has 1 aromatic heterocycles. The van der Waals surface area contributed by atoms with E-state index in [1.165, 1.54) is 11.2 Å². The maximum Gasteiger partial charge on any atom is 0.416 e. The summed E-state index contributed by atoms with van der Waals surface area (Å²) in [6.45, 7) is 3.20. The Morgan fingerprint density at radius 1 is 1.23 bits per heavy atom. The van der Waals surface area contributed by atoms with E-state index in [9.17, 15) is 27.2 Å². The van der Waals surface area contributed by atoms with Gasteiger partial charge in [0.1, 0.15) is 11.8 Å². The van der Waals surface area contributed by atoms with Crippen molar-refractivity contribution in [3.8, 4) is 11.8 Å². The molecule has 2 rings (SSSR count). The molecule has 0 aliphatic rings. The van der Waals surface area contributed by atoms with Crippen LogP contribution in [0, 0.1) is 11.3 Å². The van der Waals surface area contributed by atoms with Crippen molar-refractivity contribution in [3.63, 3.8) is 0 Å². The molecule has 30 heavy (non-hydrogen) atoms. The van der Waals surface area contributed by atoms with Gasteiger partial charge >= 0.3 is 11.6 Å². The lowest BCUT2D eigenvalue weighted by Crippen LogP contribution is -2.10. The van der Waals surface area contributed by atoms with Crippen LogP contribution < -0.4 is 0 Å². The van der Waals surface area contributed by atoms with Crippen LogP contribution in [0.25, 0.3) is 11.3 Å². The highest BCUT2D eigenvalue weighted by Crippen LogP contribution is 2.44. The molecule has 0 unspecified atom stereocenters. The molecule has 0 fully saturated rings. The predicted octanol–water partition coefficient (Wildman–Crippen LogP) is 6.14. The maximum absolute atomic E-state index is 13.7. The molecule has 0 saturated carbocycles. The van der Waals surface area contributed by atoms with Crippen molar-refractivity contribution < 1.29 is 22.0 Å². The first-order valence-corrected chi connectivity index (χ1v) is 8.88. The highest BCUT2D eigenvalue weighted by molar-refractivity contribution is 6.38. The third kappa shape index (κ3) is 4.86. The number of benzene rings is 1. The summed E-state index contributed by atoms with van der Waals surface area (Å²) in [7, 11) is 3.14. The van der Waals surface area contributed by atoms with Crippen molar-refractivity contribution in [3.05, 3.63) is 45.6 Å². The van der Waals surface area contributed by atoms with Crippen LogP contribution in [0.1, 0.15) is 16.8 Å². The third-order valence-corrected chi connectivity index (χ3v) is 4.38. The monoisotopic (exact) mass is 485 g/mol. The van der Waals surface area contributed by atoms with Gasteiger partial charge in [0, 0.05) is 19.7 Å². The molecule has 1 aromatic carbocycles. The van der Waals surface area contributed by atoms with E-state index in [4.69, 9.17) is 34.8 Å². The molecule has 0 aliphatic heterocycles. The van der Waals surface area contributed by atoms with Gasteiger partial charge in [-0.05, 0) is 23.7 Å². The highest BCUT2D eigenvalue weighted by atomic mass is 35.5. The Labute approximate surface area is 182 Å². The summed E-state index contributed by atoms with van der Waals surface area (Å²) < 4.78 is 67.3. The molecular weight excluding hydrogens is 476 g/mol. The minimum Gasteiger partial charge on any atom is -0.369 e. The second-order valence-corrected chi connectivity index (χ2v) is 7.33. The van der Waals surface area contributed by atoms with E-state index in [0.29, 0.717) is 12.1 Å². The summed E-state index contributed by atoms with van der Waals surface area (Å²) in [5.74, 6) is -0.380. The Kier molecular flexibility index (Phi) is 6.71. The van der Waals surface area contributed by atoms with Crippen molar-refractivity contribution in [2.24, 2.45) is 4.99 Å². The van der Waals surface area contributed by atoms with E-state index < -0.39 is 44.0 Å². The largest absolute Gasteiger partial charge is 0.416 e. The molecule has 13 heteroatoms. The van der Waals surface area contributed by atoms with Gasteiger partial charge in [0.15, 0.2) is 11.5 Å². The molecule has 0 bridgehead atoms. The van der Waals surface area contributed by atoms with Crippen LogP contribution in [-0.4, -0.2) is 40.5 Å². The normalized spacial score (nSPS) is 12.3. The molecule has 0 saturated heterocycles. The van der Waals surface area contributed by atoms with Gasteiger partial charge in [-0.3, -0.25) is 0 Å². The van der Waals surface area contributed by atoms with Gasteiger partial charge in [-0.2, -0.15) is 32.3 Å². The molecule has 0 N–H and O–H groups in total. The van der Waals surface area contributed by atoms with Gasteiger partial charge in [-0.1, -0.05) is 29.8 Å². The second-order valence-electron chi connectivity index (χ2n) is 6.04. The van der Waals surface area contributed by atoms with Gasteiger partial charge < -0.3 is 4.90 Å². The summed E-state index contributed by atoms with van der Waals surface area (Å²) >= 11 is 17.0. The van der Waals surface area contributed by atoms with E-state index in [-0.39, 0.29) is 11.5 Å². The fraction of sp³-hybridized carbons (Fsp3) is 0.235. The first-order chi connectivity index (χ1) is 13.7. The summed E-state index contributed by atoms with van der Waals surface area (Å²) in [5.41, 5.74) is -3.49. The highest BCUT2D eigenvalue weighted by Gasteiger charge is 2.37. The first-order valence-electron chi connectivity index (χ1n) is 7.75. The predicted molar refractivity (Wildman–Crippen MR) is 105 cm³/mol. The Hall–Kier alpha value is -2.35. The Balaban J connectivity index is 2.90. The quantitative estimate of drug-likeness (QED) is 0.221. The summed E-state index contributed by atoms with van der Waals surface area (Å²) in [6, 6.07) is 2.77. The lowest BCUT2D eigenvalue weighted by Gasteiger charge is -2.15. The first kappa shape index (κ1) is 23.9. The van der Waals surface area contributed by atoms with Crippen LogP contribution in [0.3, 0.4) is 0 Å². The Morgan fingerprint density at radius 3 is 2.17 bits per heavy atom. The average Bonchev–Trinajstić information content (AvgIpc) is 2.95. The molecule has 0 aliphatic carbocycles. The Bertz CT molecular complexity index is 1040. The zero-order chi connectivity index (χ0) is 23.0. The van der Waals surface area contributed by atoms with E-state index >= 15 is 0 Å². The van der Waals surface area contributed by atoms with Crippen molar-refractivity contribution in [2.75, 3.05) is 14.1 Å². The summed E-state index contributed by atoms with van der Waals surface area (Å²) in [6.07, 6.45) is -3.55. The van der Waals surface area contributed by atoms with Crippen LogP contribution in [0.5, 0.6) is 0 Å². The maximum atomic E-state index is 13.7. The molecule has 0 spiro atoms. The standard InChI is InChI=1S/C17H11Cl3F5N5/c1-8(16(20,21)22)13-12(6-26)28-30(15(13)27-7-29(2)3)14-10(18)4-9(5-11(14)19)17(23,24)25/h4-5,7H,1H2,2-3H3. The smallest absolute Gasteiger partial charge is 0.369 e. The zero-order valence-corrected chi connectivity index (χ0v) is 17.5.